The first-order chi connectivity index (χ1) is 10.2. The van der Waals surface area contributed by atoms with Gasteiger partial charge in [-0.15, -0.1) is 5.92 Å². The van der Waals surface area contributed by atoms with E-state index in [4.69, 9.17) is 22.6 Å². The quantitative estimate of drug-likeness (QED) is 0.648. The molecule has 5 nitrogen and oxygen atoms in total. The Morgan fingerprint density at radius 3 is 2.95 bits per heavy atom. The number of hydrogen-bond acceptors (Lipinski definition) is 4. The molecule has 3 rings (SSSR count). The first-order valence-electron chi connectivity index (χ1n) is 6.79. The van der Waals surface area contributed by atoms with E-state index in [9.17, 15) is 0 Å². The molecule has 1 unspecified atom stereocenters. The third-order valence-corrected chi connectivity index (χ3v) is 4.21. The third-order valence-electron chi connectivity index (χ3n) is 3.93. The zero-order valence-corrected chi connectivity index (χ0v) is 12.4. The number of fused-ring (bicyclic) bond motifs is 1. The average molecular weight is 300 g/mol. The smallest absolute Gasteiger partial charge is 0.164 e. The summed E-state index contributed by atoms with van der Waals surface area (Å²) in [5, 5.41) is 9.33. The van der Waals surface area contributed by atoms with Gasteiger partial charge >= 0.3 is 0 Å². The van der Waals surface area contributed by atoms with Gasteiger partial charge in [0, 0.05) is 12.0 Å². The van der Waals surface area contributed by atoms with Crippen LogP contribution in [-0.2, 0) is 0 Å². The van der Waals surface area contributed by atoms with Gasteiger partial charge in [0.2, 0.25) is 0 Å². The van der Waals surface area contributed by atoms with E-state index in [1.54, 1.807) is 13.3 Å². The number of anilines is 1. The van der Waals surface area contributed by atoms with Crippen LogP contribution in [-0.4, -0.2) is 14.5 Å². The van der Waals surface area contributed by atoms with Gasteiger partial charge in [0.05, 0.1) is 23.6 Å². The molecule has 21 heavy (non-hydrogen) atoms. The Labute approximate surface area is 127 Å². The second-order valence-corrected chi connectivity index (χ2v) is 5.54. The van der Waals surface area contributed by atoms with Gasteiger partial charge in [-0.1, -0.05) is 17.5 Å². The molecule has 1 aliphatic carbocycles. The Balaban J connectivity index is 2.11. The minimum absolute atomic E-state index is 0.102. The van der Waals surface area contributed by atoms with E-state index in [2.05, 4.69) is 27.9 Å². The number of rotatable bonds is 1. The highest BCUT2D eigenvalue weighted by atomic mass is 35.5. The van der Waals surface area contributed by atoms with Gasteiger partial charge in [-0.05, 0) is 26.2 Å². The lowest BCUT2D eigenvalue weighted by Gasteiger charge is -2.12. The third kappa shape index (κ3) is 2.20. The highest BCUT2D eigenvalue weighted by molar-refractivity contribution is 6.31. The zero-order valence-electron chi connectivity index (χ0n) is 11.6. The van der Waals surface area contributed by atoms with Crippen molar-refractivity contribution in [1.29, 1.82) is 5.26 Å². The summed E-state index contributed by atoms with van der Waals surface area (Å²) in [5.74, 6) is 5.75. The highest BCUT2D eigenvalue weighted by Gasteiger charge is 2.28. The van der Waals surface area contributed by atoms with Gasteiger partial charge in [-0.25, -0.2) is 9.97 Å². The highest BCUT2D eigenvalue weighted by Crippen LogP contribution is 2.37. The predicted octanol–water partition coefficient (Wildman–Crippen LogP) is 2.90. The molecule has 0 radical (unpaired) electrons. The molecule has 0 amide bonds. The molecular weight excluding hydrogens is 286 g/mol. The summed E-state index contributed by atoms with van der Waals surface area (Å²) in [5.41, 5.74) is 8.40. The number of nitrogen functional groups attached to an aromatic ring is 1. The van der Waals surface area contributed by atoms with Crippen LogP contribution in [0.5, 0.6) is 0 Å². The zero-order chi connectivity index (χ0) is 15.0. The summed E-state index contributed by atoms with van der Waals surface area (Å²) in [7, 11) is 0. The maximum absolute atomic E-state index is 9.03. The molecular formula is C15H14ClN5. The predicted molar refractivity (Wildman–Crippen MR) is 81.5 cm³/mol. The molecule has 0 bridgehead atoms. The molecule has 2 N–H and O–H groups in total. The first kappa shape index (κ1) is 13.7. The van der Waals surface area contributed by atoms with Crippen LogP contribution in [0.2, 0.25) is 5.15 Å². The van der Waals surface area contributed by atoms with Crippen LogP contribution in [0.25, 0.3) is 11.2 Å². The molecule has 2 aromatic heterocycles. The summed E-state index contributed by atoms with van der Waals surface area (Å²) in [4.78, 5) is 8.77. The van der Waals surface area contributed by atoms with Crippen molar-refractivity contribution in [1.82, 2.24) is 14.5 Å². The van der Waals surface area contributed by atoms with Crippen molar-refractivity contribution in [2.24, 2.45) is 5.92 Å². The van der Waals surface area contributed by atoms with Crippen molar-refractivity contribution < 1.29 is 0 Å². The summed E-state index contributed by atoms with van der Waals surface area (Å²) in [6, 6.07) is 2.56. The lowest BCUT2D eigenvalue weighted by molar-refractivity contribution is 0.517. The van der Waals surface area contributed by atoms with Crippen molar-refractivity contribution in [3.63, 3.8) is 0 Å². The van der Waals surface area contributed by atoms with Crippen LogP contribution in [0.3, 0.4) is 0 Å². The molecule has 0 saturated heterocycles. The number of hydrogen-bond donors (Lipinski definition) is 1. The summed E-state index contributed by atoms with van der Waals surface area (Å²) in [6.07, 6.45) is 4.40. The maximum Gasteiger partial charge on any atom is 0.164 e. The van der Waals surface area contributed by atoms with Gasteiger partial charge in [0.25, 0.3) is 0 Å². The molecule has 1 fully saturated rings. The Morgan fingerprint density at radius 2 is 2.29 bits per heavy atom. The van der Waals surface area contributed by atoms with E-state index >= 15 is 0 Å². The number of imidazole rings is 1. The van der Waals surface area contributed by atoms with E-state index in [0.29, 0.717) is 27.6 Å². The van der Waals surface area contributed by atoms with Crippen LogP contribution < -0.4 is 5.73 Å². The normalized spacial score (nSPS) is 21.0. The van der Waals surface area contributed by atoms with Crippen molar-refractivity contribution in [2.45, 2.75) is 32.2 Å². The Hall–Kier alpha value is -2.24. The number of nitrogens with zero attached hydrogens (tertiary/aromatic N) is 4. The minimum Gasteiger partial charge on any atom is -0.396 e. The number of nitrogens with two attached hydrogens (primary N) is 1. The van der Waals surface area contributed by atoms with Gasteiger partial charge < -0.3 is 10.3 Å². The first-order valence-corrected chi connectivity index (χ1v) is 7.17. The second-order valence-electron chi connectivity index (χ2n) is 5.18. The molecule has 2 aromatic rings. The number of aromatic nitrogens is 3. The average Bonchev–Trinajstić information content (AvgIpc) is 3.09. The molecule has 1 aliphatic rings. The van der Waals surface area contributed by atoms with Crippen LogP contribution in [0.15, 0.2) is 6.33 Å². The van der Waals surface area contributed by atoms with E-state index < -0.39 is 0 Å². The fraction of sp³-hybridized carbons (Fsp3) is 0.400. The monoisotopic (exact) mass is 299 g/mol. The van der Waals surface area contributed by atoms with E-state index in [1.807, 2.05) is 4.57 Å². The van der Waals surface area contributed by atoms with Crippen molar-refractivity contribution in [3.05, 3.63) is 17.0 Å². The molecule has 0 spiro atoms. The summed E-state index contributed by atoms with van der Waals surface area (Å²) >= 11 is 6.19. The van der Waals surface area contributed by atoms with Gasteiger partial charge in [-0.2, -0.15) is 5.26 Å². The summed E-state index contributed by atoms with van der Waals surface area (Å²) in [6.45, 7) is 1.72. The van der Waals surface area contributed by atoms with Crippen LogP contribution in [0.1, 0.15) is 37.8 Å². The van der Waals surface area contributed by atoms with Crippen LogP contribution in [0.4, 0.5) is 5.69 Å². The van der Waals surface area contributed by atoms with Gasteiger partial charge in [0.15, 0.2) is 5.65 Å². The fourth-order valence-electron chi connectivity index (χ4n) is 2.87. The maximum atomic E-state index is 9.03. The molecule has 6 heteroatoms. The topological polar surface area (TPSA) is 80.5 Å². The molecule has 0 aliphatic heterocycles. The molecule has 1 saturated carbocycles. The standard InChI is InChI=1S/C15H14ClN5/c1-2-3-11-12(18)13-15(20-14(11)16)21(8-19-13)10-5-4-9(6-10)7-17/h8-10H,4-6H2,1H3,(H2,18,20)/t9?,10-/m0/s1. The number of nitriles is 1. The van der Waals surface area contributed by atoms with Crippen LogP contribution >= 0.6 is 11.6 Å². The second kappa shape index (κ2) is 5.27. The van der Waals surface area contributed by atoms with Gasteiger partial charge in [0.1, 0.15) is 10.7 Å². The minimum atomic E-state index is 0.102. The van der Waals surface area contributed by atoms with E-state index in [-0.39, 0.29) is 12.0 Å². The Kier molecular flexibility index (Phi) is 3.45. The number of pyridine rings is 1. The SMILES string of the molecule is CC#Cc1c(Cl)nc2c(ncn2[C@H]2CCC(C#N)C2)c1N. The van der Waals surface area contributed by atoms with Crippen molar-refractivity contribution in [3.8, 4) is 17.9 Å². The number of halogens is 1. The van der Waals surface area contributed by atoms with Gasteiger partial charge in [-0.3, -0.25) is 0 Å². The lowest BCUT2D eigenvalue weighted by Crippen LogP contribution is -2.06. The van der Waals surface area contributed by atoms with Crippen molar-refractivity contribution >= 4 is 28.5 Å². The fourth-order valence-corrected chi connectivity index (χ4v) is 3.10. The van der Waals surface area contributed by atoms with E-state index in [0.717, 1.165) is 19.3 Å². The molecule has 106 valence electrons. The molecule has 2 atom stereocenters. The van der Waals surface area contributed by atoms with Crippen LogP contribution in [0, 0.1) is 29.1 Å². The summed E-state index contributed by atoms with van der Waals surface area (Å²) < 4.78 is 1.98. The molecule has 0 aromatic carbocycles. The Morgan fingerprint density at radius 1 is 1.48 bits per heavy atom. The molecule has 2 heterocycles. The Bertz CT molecular complexity index is 805. The largest absolute Gasteiger partial charge is 0.396 e. The lowest BCUT2D eigenvalue weighted by atomic mass is 10.1. The van der Waals surface area contributed by atoms with Crippen molar-refractivity contribution in [2.75, 3.05) is 5.73 Å². The van der Waals surface area contributed by atoms with E-state index in [1.165, 1.54) is 0 Å².